The predicted octanol–water partition coefficient (Wildman–Crippen LogP) is 1.86. The molecule has 2 rings (SSSR count). The number of halogens is 2. The Balaban J connectivity index is 0.00000312. The average molecular weight is 375 g/mol. The Labute approximate surface area is 152 Å². The summed E-state index contributed by atoms with van der Waals surface area (Å²) in [5.74, 6) is -1.12. The van der Waals surface area contributed by atoms with Crippen LogP contribution in [0.2, 0.25) is 0 Å². The molecule has 1 fully saturated rings. The molecule has 1 aliphatic heterocycles. The standard InChI is InChI=1S/C17H23FN2O4.ClH/c1-2-23-16(21)9-14(11-3-5-12(18)6-4-11)20-17(22)15-8-7-13(10-19)24-15;/h3-6,13-15H,2,7-10,19H2,1H3,(H,20,22);1H/t13-,14?,15+;/m1./s1. The van der Waals surface area contributed by atoms with Crippen LogP contribution in [0.5, 0.6) is 0 Å². The van der Waals surface area contributed by atoms with E-state index < -0.39 is 18.1 Å². The van der Waals surface area contributed by atoms with Gasteiger partial charge in [0.05, 0.1) is 25.2 Å². The Kier molecular flexibility index (Phi) is 8.82. The van der Waals surface area contributed by atoms with Gasteiger partial charge in [-0.15, -0.1) is 12.4 Å². The Bertz CT molecular complexity index is 570. The van der Waals surface area contributed by atoms with E-state index in [9.17, 15) is 14.0 Å². The molecule has 0 bridgehead atoms. The number of hydrogen-bond donors (Lipinski definition) is 2. The van der Waals surface area contributed by atoms with Gasteiger partial charge in [-0.3, -0.25) is 9.59 Å². The molecule has 140 valence electrons. The minimum atomic E-state index is -0.599. The number of ether oxygens (including phenoxy) is 2. The van der Waals surface area contributed by atoms with Crippen molar-refractivity contribution >= 4 is 24.3 Å². The number of carbonyl (C=O) groups is 2. The maximum atomic E-state index is 13.1. The molecule has 8 heteroatoms. The van der Waals surface area contributed by atoms with E-state index >= 15 is 0 Å². The molecule has 1 amide bonds. The van der Waals surface area contributed by atoms with E-state index in [4.69, 9.17) is 15.2 Å². The van der Waals surface area contributed by atoms with E-state index in [0.717, 1.165) is 6.42 Å². The highest BCUT2D eigenvalue weighted by atomic mass is 35.5. The number of benzene rings is 1. The summed E-state index contributed by atoms with van der Waals surface area (Å²) in [6.07, 6.45) is 0.591. The summed E-state index contributed by atoms with van der Waals surface area (Å²) in [6, 6.07) is 5.06. The summed E-state index contributed by atoms with van der Waals surface area (Å²) in [6.45, 7) is 2.34. The quantitative estimate of drug-likeness (QED) is 0.711. The van der Waals surface area contributed by atoms with Gasteiger partial charge in [0, 0.05) is 6.54 Å². The maximum Gasteiger partial charge on any atom is 0.308 e. The lowest BCUT2D eigenvalue weighted by molar-refractivity contribution is -0.144. The van der Waals surface area contributed by atoms with E-state index in [2.05, 4.69) is 5.32 Å². The number of esters is 1. The molecule has 1 unspecified atom stereocenters. The van der Waals surface area contributed by atoms with Gasteiger partial charge >= 0.3 is 5.97 Å². The van der Waals surface area contributed by atoms with Gasteiger partial charge in [0.15, 0.2) is 0 Å². The monoisotopic (exact) mass is 374 g/mol. The normalized spacial score (nSPS) is 20.4. The van der Waals surface area contributed by atoms with Crippen LogP contribution in [0, 0.1) is 5.82 Å². The maximum absolute atomic E-state index is 13.1. The summed E-state index contributed by atoms with van der Waals surface area (Å²) >= 11 is 0. The summed E-state index contributed by atoms with van der Waals surface area (Å²) in [5, 5.41) is 2.80. The first-order valence-corrected chi connectivity index (χ1v) is 8.10. The molecule has 0 saturated carbocycles. The lowest BCUT2D eigenvalue weighted by atomic mass is 10.0. The minimum absolute atomic E-state index is 0. The van der Waals surface area contributed by atoms with Crippen molar-refractivity contribution in [1.82, 2.24) is 5.32 Å². The van der Waals surface area contributed by atoms with Crippen molar-refractivity contribution in [2.75, 3.05) is 13.2 Å². The fraction of sp³-hybridized carbons (Fsp3) is 0.529. The fourth-order valence-electron chi connectivity index (χ4n) is 2.67. The smallest absolute Gasteiger partial charge is 0.308 e. The molecule has 0 spiro atoms. The zero-order valence-electron chi connectivity index (χ0n) is 14.1. The van der Waals surface area contributed by atoms with Crippen LogP contribution in [0.25, 0.3) is 0 Å². The molecule has 1 saturated heterocycles. The van der Waals surface area contributed by atoms with Gasteiger partial charge in [0.25, 0.3) is 0 Å². The van der Waals surface area contributed by atoms with Crippen molar-refractivity contribution in [1.29, 1.82) is 0 Å². The number of nitrogens with one attached hydrogen (secondary N) is 1. The van der Waals surface area contributed by atoms with Gasteiger partial charge in [-0.25, -0.2) is 4.39 Å². The van der Waals surface area contributed by atoms with Crippen molar-refractivity contribution in [3.05, 3.63) is 35.6 Å². The van der Waals surface area contributed by atoms with Crippen LogP contribution in [-0.2, 0) is 19.1 Å². The van der Waals surface area contributed by atoms with Crippen LogP contribution < -0.4 is 11.1 Å². The number of hydrogen-bond acceptors (Lipinski definition) is 5. The molecule has 1 aliphatic rings. The van der Waals surface area contributed by atoms with Gasteiger partial charge in [-0.1, -0.05) is 12.1 Å². The van der Waals surface area contributed by atoms with E-state index in [-0.39, 0.29) is 43.3 Å². The second-order valence-corrected chi connectivity index (χ2v) is 5.68. The summed E-state index contributed by atoms with van der Waals surface area (Å²) in [7, 11) is 0. The molecule has 1 heterocycles. The first-order chi connectivity index (χ1) is 11.5. The Hall–Kier alpha value is -1.70. The molecule has 1 aromatic carbocycles. The van der Waals surface area contributed by atoms with Crippen LogP contribution in [0.3, 0.4) is 0 Å². The van der Waals surface area contributed by atoms with Crippen LogP contribution in [0.4, 0.5) is 4.39 Å². The minimum Gasteiger partial charge on any atom is -0.466 e. The Morgan fingerprint density at radius 1 is 1.36 bits per heavy atom. The van der Waals surface area contributed by atoms with Crippen molar-refractivity contribution in [2.24, 2.45) is 5.73 Å². The highest BCUT2D eigenvalue weighted by molar-refractivity contribution is 5.85. The van der Waals surface area contributed by atoms with Crippen molar-refractivity contribution in [3.63, 3.8) is 0 Å². The highest BCUT2D eigenvalue weighted by Crippen LogP contribution is 2.22. The molecule has 0 aliphatic carbocycles. The van der Waals surface area contributed by atoms with Crippen LogP contribution in [-0.4, -0.2) is 37.2 Å². The van der Waals surface area contributed by atoms with Gasteiger partial charge in [0.1, 0.15) is 11.9 Å². The van der Waals surface area contributed by atoms with Crippen LogP contribution in [0.1, 0.15) is 37.8 Å². The molecule has 3 N–H and O–H groups in total. The van der Waals surface area contributed by atoms with Crippen LogP contribution in [0.15, 0.2) is 24.3 Å². The molecule has 6 nitrogen and oxygen atoms in total. The average Bonchev–Trinajstić information content (AvgIpc) is 3.04. The molecular formula is C17H24ClFN2O4. The largest absolute Gasteiger partial charge is 0.466 e. The molecule has 3 atom stereocenters. The van der Waals surface area contributed by atoms with Crippen molar-refractivity contribution < 1.29 is 23.5 Å². The SMILES string of the molecule is CCOC(=O)CC(NC(=O)[C@@H]1CC[C@H](CN)O1)c1ccc(F)cc1.Cl. The third-order valence-electron chi connectivity index (χ3n) is 3.93. The van der Waals surface area contributed by atoms with Crippen LogP contribution >= 0.6 is 12.4 Å². The summed E-state index contributed by atoms with van der Waals surface area (Å²) < 4.78 is 23.6. The van der Waals surface area contributed by atoms with Gasteiger partial charge in [0.2, 0.25) is 5.91 Å². The lowest BCUT2D eigenvalue weighted by Crippen LogP contribution is -2.38. The topological polar surface area (TPSA) is 90.7 Å². The van der Waals surface area contributed by atoms with E-state index in [0.29, 0.717) is 18.5 Å². The third-order valence-corrected chi connectivity index (χ3v) is 3.93. The number of amides is 1. The third kappa shape index (κ3) is 6.26. The Morgan fingerprint density at radius 2 is 2.04 bits per heavy atom. The van der Waals surface area contributed by atoms with Gasteiger partial charge < -0.3 is 20.5 Å². The summed E-state index contributed by atoms with van der Waals surface area (Å²) in [4.78, 5) is 24.2. The van der Waals surface area contributed by atoms with Crippen molar-refractivity contribution in [3.8, 4) is 0 Å². The lowest BCUT2D eigenvalue weighted by Gasteiger charge is -2.21. The second-order valence-electron chi connectivity index (χ2n) is 5.68. The zero-order chi connectivity index (χ0) is 17.5. The number of rotatable bonds is 7. The zero-order valence-corrected chi connectivity index (χ0v) is 14.9. The van der Waals surface area contributed by atoms with Gasteiger partial charge in [-0.2, -0.15) is 0 Å². The molecular weight excluding hydrogens is 351 g/mol. The van der Waals surface area contributed by atoms with Crippen molar-refractivity contribution in [2.45, 2.75) is 44.4 Å². The second kappa shape index (κ2) is 10.3. The fourth-order valence-corrected chi connectivity index (χ4v) is 2.67. The predicted molar refractivity (Wildman–Crippen MR) is 92.7 cm³/mol. The van der Waals surface area contributed by atoms with E-state index in [1.807, 2.05) is 0 Å². The summed E-state index contributed by atoms with van der Waals surface area (Å²) in [5.41, 5.74) is 6.18. The van der Waals surface area contributed by atoms with E-state index in [1.165, 1.54) is 24.3 Å². The van der Waals surface area contributed by atoms with Gasteiger partial charge in [-0.05, 0) is 37.5 Å². The molecule has 1 aromatic rings. The molecule has 0 radical (unpaired) electrons. The molecule has 0 aromatic heterocycles. The highest BCUT2D eigenvalue weighted by Gasteiger charge is 2.31. The molecule has 25 heavy (non-hydrogen) atoms. The number of carbonyl (C=O) groups excluding carboxylic acids is 2. The Morgan fingerprint density at radius 3 is 2.60 bits per heavy atom. The first-order valence-electron chi connectivity index (χ1n) is 8.10. The number of nitrogens with two attached hydrogens (primary N) is 1. The van der Waals surface area contributed by atoms with E-state index in [1.54, 1.807) is 6.92 Å². The first kappa shape index (κ1) is 21.3.